The van der Waals surface area contributed by atoms with Gasteiger partial charge in [-0.2, -0.15) is 4.90 Å². The van der Waals surface area contributed by atoms with Crippen molar-refractivity contribution in [3.63, 3.8) is 0 Å². The average molecular weight is 438 g/mol. The van der Waals surface area contributed by atoms with Crippen LogP contribution in [0, 0.1) is 6.57 Å². The molecule has 0 saturated heterocycles. The van der Waals surface area contributed by atoms with Gasteiger partial charge in [-0.25, -0.2) is 9.59 Å². The van der Waals surface area contributed by atoms with Crippen molar-refractivity contribution < 1.29 is 19.1 Å². The van der Waals surface area contributed by atoms with Crippen LogP contribution in [0.25, 0.3) is 16.0 Å². The molecule has 0 spiro atoms. The highest BCUT2D eigenvalue weighted by Gasteiger charge is 2.29. The van der Waals surface area contributed by atoms with Gasteiger partial charge in [0.05, 0.1) is 13.3 Å². The maximum atomic E-state index is 12.3. The van der Waals surface area contributed by atoms with Gasteiger partial charge in [0, 0.05) is 5.92 Å². The maximum absolute atomic E-state index is 12.3. The zero-order valence-electron chi connectivity index (χ0n) is 18.6. The normalized spacial score (nSPS) is 12.5. The van der Waals surface area contributed by atoms with Gasteiger partial charge in [0.15, 0.2) is 0 Å². The molecule has 0 aromatic heterocycles. The Bertz CT molecular complexity index is 964. The van der Waals surface area contributed by atoms with Crippen molar-refractivity contribution in [3.8, 4) is 17.7 Å². The first-order valence-corrected chi connectivity index (χ1v) is 10.4. The van der Waals surface area contributed by atoms with E-state index in [4.69, 9.17) is 16.0 Å². The molecule has 1 aliphatic rings. The molecule has 0 fully saturated rings. The van der Waals surface area contributed by atoms with E-state index in [-0.39, 0.29) is 32.5 Å². The van der Waals surface area contributed by atoms with Crippen LogP contribution >= 0.6 is 0 Å². The largest absolute Gasteiger partial charge is 0.449 e. The predicted octanol–water partition coefficient (Wildman–Crippen LogP) is 4.19. The molecule has 2 N–H and O–H groups in total. The zero-order chi connectivity index (χ0) is 23.1. The molecule has 168 valence electrons. The Labute approximate surface area is 188 Å². The summed E-state index contributed by atoms with van der Waals surface area (Å²) >= 11 is 0. The lowest BCUT2D eigenvalue weighted by atomic mass is 9.98. The van der Waals surface area contributed by atoms with Crippen molar-refractivity contribution in [2.75, 3.05) is 26.6 Å². The quantitative estimate of drug-likeness (QED) is 0.635. The molecule has 8 nitrogen and oxygen atoms in total. The Kier molecular flexibility index (Phi) is 7.33. The number of carbonyl (C=O) groups excluding carboxylic acids is 2. The molecule has 0 saturated carbocycles. The molecule has 0 bridgehead atoms. The van der Waals surface area contributed by atoms with Crippen molar-refractivity contribution in [1.82, 2.24) is 15.5 Å². The maximum Gasteiger partial charge on any atom is 0.408 e. The Morgan fingerprint density at radius 1 is 0.969 bits per heavy atom. The van der Waals surface area contributed by atoms with Crippen LogP contribution in [0.1, 0.15) is 37.8 Å². The number of fused-ring (bicyclic) bond motifs is 3. The lowest BCUT2D eigenvalue weighted by Gasteiger charge is -2.22. The minimum atomic E-state index is -0.604. The highest BCUT2D eigenvalue weighted by molar-refractivity contribution is 5.79. The van der Waals surface area contributed by atoms with E-state index in [1.807, 2.05) is 24.3 Å². The van der Waals surface area contributed by atoms with Gasteiger partial charge in [0.25, 0.3) is 6.57 Å². The number of hydrogen-bond donors (Lipinski definition) is 2. The Balaban J connectivity index is 1.51. The average Bonchev–Trinajstić information content (AvgIpc) is 3.07. The lowest BCUT2D eigenvalue weighted by Crippen LogP contribution is -2.45. The SMILES string of the molecule is C#[N+]CN(CNC(=O)OCC1c2ccccc2-c2ccccc21)CNC(=O)OC(C)(C)C. The number of alkyl carbamates (subject to hydrolysis) is 2. The summed E-state index contributed by atoms with van der Waals surface area (Å²) in [5.74, 6) is -0.0165. The highest BCUT2D eigenvalue weighted by atomic mass is 16.6. The van der Waals surface area contributed by atoms with Crippen molar-refractivity contribution in [2.24, 2.45) is 0 Å². The first-order valence-electron chi connectivity index (χ1n) is 10.4. The van der Waals surface area contributed by atoms with E-state index in [1.165, 1.54) is 11.1 Å². The summed E-state index contributed by atoms with van der Waals surface area (Å²) in [6.45, 7) is 11.1. The number of nitrogens with zero attached hydrogens (tertiary/aromatic N) is 2. The fraction of sp³-hybridized carbons (Fsp3) is 0.375. The summed E-state index contributed by atoms with van der Waals surface area (Å²) in [5, 5.41) is 5.27. The number of ether oxygens (including phenoxy) is 2. The van der Waals surface area contributed by atoms with E-state index in [2.05, 4.69) is 39.7 Å². The standard InChI is InChI=1S/C24H28N4O4/c1-24(2,3)32-23(30)27-16-28(14-25-4)15-26-22(29)31-13-21-19-11-7-5-9-17(19)18-10-6-8-12-20(18)21/h4-12,21H,13-16H2,1-3H3,(H-,26,27,29,30)/p+1. The molecule has 2 aromatic rings. The number of hydrogen-bond acceptors (Lipinski definition) is 5. The molecule has 0 aliphatic heterocycles. The smallest absolute Gasteiger partial charge is 0.408 e. The van der Waals surface area contributed by atoms with Crippen LogP contribution in [-0.2, 0) is 9.47 Å². The van der Waals surface area contributed by atoms with Crippen LogP contribution in [0.3, 0.4) is 0 Å². The van der Waals surface area contributed by atoms with E-state index in [9.17, 15) is 9.59 Å². The van der Waals surface area contributed by atoms with Crippen LogP contribution in [0.5, 0.6) is 0 Å². The van der Waals surface area contributed by atoms with Gasteiger partial charge >= 0.3 is 18.9 Å². The molecular weight excluding hydrogens is 408 g/mol. The summed E-state index contributed by atoms with van der Waals surface area (Å²) in [6.07, 6.45) is -1.13. The predicted molar refractivity (Wildman–Crippen MR) is 122 cm³/mol. The van der Waals surface area contributed by atoms with Gasteiger partial charge in [0.1, 0.15) is 12.2 Å². The molecule has 0 heterocycles. The van der Waals surface area contributed by atoms with Gasteiger partial charge < -0.3 is 20.1 Å². The Hall–Kier alpha value is -3.57. The number of carbonyl (C=O) groups is 2. The molecular formula is C24H29N4O4+. The van der Waals surface area contributed by atoms with Crippen LogP contribution in [0.2, 0.25) is 0 Å². The van der Waals surface area contributed by atoms with Crippen LogP contribution in [0.15, 0.2) is 48.5 Å². The topological polar surface area (TPSA) is 84.3 Å². The number of nitrogens with one attached hydrogen (secondary N) is 2. The molecule has 3 rings (SSSR count). The Morgan fingerprint density at radius 3 is 2.03 bits per heavy atom. The summed E-state index contributed by atoms with van der Waals surface area (Å²) < 4.78 is 10.7. The van der Waals surface area contributed by atoms with Crippen LogP contribution in [0.4, 0.5) is 9.59 Å². The third-order valence-corrected chi connectivity index (χ3v) is 4.92. The Morgan fingerprint density at radius 2 is 1.50 bits per heavy atom. The van der Waals surface area contributed by atoms with E-state index in [0.717, 1.165) is 11.1 Å². The van der Waals surface area contributed by atoms with Gasteiger partial charge in [-0.1, -0.05) is 53.4 Å². The third-order valence-electron chi connectivity index (χ3n) is 4.92. The van der Waals surface area contributed by atoms with Gasteiger partial charge in [-0.15, -0.1) is 0 Å². The first-order chi connectivity index (χ1) is 15.3. The van der Waals surface area contributed by atoms with Crippen molar-refractivity contribution in [1.29, 1.82) is 0 Å². The molecule has 2 aromatic carbocycles. The monoisotopic (exact) mass is 437 g/mol. The molecule has 8 heteroatoms. The van der Waals surface area contributed by atoms with E-state index >= 15 is 0 Å². The second-order valence-corrected chi connectivity index (χ2v) is 8.49. The summed E-state index contributed by atoms with van der Waals surface area (Å²) in [4.78, 5) is 29.3. The van der Waals surface area contributed by atoms with E-state index in [0.29, 0.717) is 0 Å². The van der Waals surface area contributed by atoms with Crippen molar-refractivity contribution in [3.05, 3.63) is 64.5 Å². The van der Waals surface area contributed by atoms with Gasteiger partial charge in [-0.05, 0) is 43.0 Å². The second kappa shape index (κ2) is 10.2. The highest BCUT2D eigenvalue weighted by Crippen LogP contribution is 2.44. The summed E-state index contributed by atoms with van der Waals surface area (Å²) in [6, 6.07) is 16.3. The van der Waals surface area contributed by atoms with Crippen molar-refractivity contribution >= 4 is 12.2 Å². The van der Waals surface area contributed by atoms with Gasteiger partial charge in [0.2, 0.25) is 0 Å². The molecule has 2 amide bonds. The number of amides is 2. The van der Waals surface area contributed by atoms with Crippen LogP contribution < -0.4 is 10.6 Å². The second-order valence-electron chi connectivity index (χ2n) is 8.49. The molecule has 0 radical (unpaired) electrons. The third kappa shape index (κ3) is 5.99. The minimum absolute atomic E-state index is 0.0165. The van der Waals surface area contributed by atoms with Crippen LogP contribution in [-0.4, -0.2) is 49.3 Å². The van der Waals surface area contributed by atoms with E-state index in [1.54, 1.807) is 25.7 Å². The summed E-state index contributed by atoms with van der Waals surface area (Å²) in [7, 11) is 0. The number of benzene rings is 2. The fourth-order valence-corrected chi connectivity index (χ4v) is 3.59. The fourth-order valence-electron chi connectivity index (χ4n) is 3.59. The molecule has 32 heavy (non-hydrogen) atoms. The molecule has 1 aliphatic carbocycles. The zero-order valence-corrected chi connectivity index (χ0v) is 18.6. The van der Waals surface area contributed by atoms with E-state index < -0.39 is 17.8 Å². The van der Waals surface area contributed by atoms with Crippen molar-refractivity contribution in [2.45, 2.75) is 32.3 Å². The summed E-state index contributed by atoms with van der Waals surface area (Å²) in [5.41, 5.74) is 4.02. The van der Waals surface area contributed by atoms with Gasteiger partial charge in [-0.3, -0.25) is 0 Å². The number of rotatable bonds is 7. The molecule has 0 atom stereocenters. The first kappa shape index (κ1) is 23.1. The lowest BCUT2D eigenvalue weighted by molar-refractivity contribution is 0.0492. The minimum Gasteiger partial charge on any atom is -0.449 e. The molecule has 0 unspecified atom stereocenters.